The molecule has 0 aliphatic carbocycles. The van der Waals surface area contributed by atoms with Gasteiger partial charge in [0.15, 0.2) is 0 Å². The Hall–Kier alpha value is -12.3. The Labute approximate surface area is 548 Å². The van der Waals surface area contributed by atoms with E-state index in [0.29, 0.717) is 0 Å². The second kappa shape index (κ2) is 22.9. The van der Waals surface area contributed by atoms with E-state index in [0.717, 1.165) is 140 Å². The second-order valence-electron chi connectivity index (χ2n) is 24.6. The third-order valence-corrected chi connectivity index (χ3v) is 19.1. The van der Waals surface area contributed by atoms with Crippen molar-refractivity contribution in [1.82, 2.24) is 9.55 Å². The highest BCUT2D eigenvalue weighted by atomic mass is 15.2. The number of aromatic nitrogens is 2. The lowest BCUT2D eigenvalue weighted by molar-refractivity contribution is 1.18. The van der Waals surface area contributed by atoms with E-state index in [1.165, 1.54) is 27.2 Å². The number of benzene rings is 14. The molecule has 0 amide bonds. The number of para-hydroxylation sites is 4. The Balaban J connectivity index is 0.892. The van der Waals surface area contributed by atoms with Gasteiger partial charge in [-0.25, -0.2) is 4.98 Å². The Morgan fingerprint density at radius 2 is 0.596 bits per heavy atom. The lowest BCUT2D eigenvalue weighted by atomic mass is 9.33. The molecule has 2 aliphatic rings. The normalized spacial score (nSPS) is 12.2. The fourth-order valence-electron chi connectivity index (χ4n) is 14.8. The van der Waals surface area contributed by atoms with Gasteiger partial charge in [-0.1, -0.05) is 261 Å². The van der Waals surface area contributed by atoms with Crippen LogP contribution in [0.5, 0.6) is 0 Å². The summed E-state index contributed by atoms with van der Waals surface area (Å²) in [6.07, 6.45) is 0. The lowest BCUT2D eigenvalue weighted by Crippen LogP contribution is -2.61. The van der Waals surface area contributed by atoms with E-state index in [4.69, 9.17) is 4.98 Å². The molecule has 0 bridgehead atoms. The molecule has 2 aliphatic heterocycles. The summed E-state index contributed by atoms with van der Waals surface area (Å²) < 4.78 is 2.47. The zero-order chi connectivity index (χ0) is 62.1. The van der Waals surface area contributed by atoms with Gasteiger partial charge in [0.2, 0.25) is 0 Å². The van der Waals surface area contributed by atoms with Crippen LogP contribution in [0.2, 0.25) is 0 Å². The Morgan fingerprint density at radius 1 is 0.223 bits per heavy atom. The average molecular weight is 1200 g/mol. The van der Waals surface area contributed by atoms with Gasteiger partial charge >= 0.3 is 0 Å². The highest BCUT2D eigenvalue weighted by Crippen LogP contribution is 2.50. The lowest BCUT2D eigenvalue weighted by Gasteiger charge is -2.44. The largest absolute Gasteiger partial charge is 0.311 e. The number of rotatable bonds is 11. The minimum absolute atomic E-state index is 0.0794. The monoisotopic (exact) mass is 1190 g/mol. The molecule has 0 N–H and O–H groups in total. The Bertz CT molecular complexity index is 5180. The van der Waals surface area contributed by atoms with Crippen LogP contribution < -0.4 is 26.2 Å². The van der Waals surface area contributed by atoms with Crippen LogP contribution in [0.1, 0.15) is 0 Å². The summed E-state index contributed by atoms with van der Waals surface area (Å²) in [5, 5.41) is 2.36. The third kappa shape index (κ3) is 9.44. The van der Waals surface area contributed by atoms with E-state index in [1.807, 2.05) is 0 Å². The van der Waals surface area contributed by atoms with Gasteiger partial charge in [-0.05, 0) is 175 Å². The molecule has 0 atom stereocenters. The quantitative estimate of drug-likeness (QED) is 0.121. The van der Waals surface area contributed by atoms with Gasteiger partial charge in [-0.15, -0.1) is 0 Å². The van der Waals surface area contributed by atoms with Crippen LogP contribution in [0.3, 0.4) is 0 Å². The smallest absolute Gasteiger partial charge is 0.252 e. The second-order valence-corrected chi connectivity index (χ2v) is 24.6. The summed E-state index contributed by atoms with van der Waals surface area (Å²) in [6.45, 7) is -0.0794. The molecule has 16 aromatic rings. The predicted molar refractivity (Wildman–Crippen MR) is 396 cm³/mol. The van der Waals surface area contributed by atoms with Crippen molar-refractivity contribution in [2.45, 2.75) is 0 Å². The first kappa shape index (κ1) is 54.6. The highest BCUT2D eigenvalue weighted by molar-refractivity contribution is 7.00. The molecule has 0 saturated carbocycles. The fraction of sp³-hybridized carbons (Fsp3) is 0. The van der Waals surface area contributed by atoms with Crippen molar-refractivity contribution in [2.75, 3.05) is 9.80 Å². The van der Waals surface area contributed by atoms with Crippen LogP contribution in [-0.4, -0.2) is 16.3 Å². The minimum atomic E-state index is -0.0794. The maximum Gasteiger partial charge on any atom is 0.252 e. The van der Waals surface area contributed by atoms with E-state index in [9.17, 15) is 0 Å². The minimum Gasteiger partial charge on any atom is -0.311 e. The number of pyridine rings is 1. The predicted octanol–water partition coefficient (Wildman–Crippen LogP) is 21.6. The van der Waals surface area contributed by atoms with Crippen molar-refractivity contribution < 1.29 is 0 Å². The van der Waals surface area contributed by atoms with Gasteiger partial charge in [0.05, 0.1) is 28.1 Å². The van der Waals surface area contributed by atoms with Crippen molar-refractivity contribution in [3.63, 3.8) is 0 Å². The van der Waals surface area contributed by atoms with Crippen molar-refractivity contribution in [3.8, 4) is 95.0 Å². The van der Waals surface area contributed by atoms with Crippen molar-refractivity contribution >= 4 is 79.0 Å². The number of hydrogen-bond donors (Lipinski definition) is 0. The molecule has 14 aromatic carbocycles. The number of anilines is 6. The summed E-state index contributed by atoms with van der Waals surface area (Å²) in [4.78, 5) is 10.4. The summed E-state index contributed by atoms with van der Waals surface area (Å²) >= 11 is 0. The van der Waals surface area contributed by atoms with Gasteiger partial charge in [-0.2, -0.15) is 0 Å². The fourth-order valence-corrected chi connectivity index (χ4v) is 14.8. The van der Waals surface area contributed by atoms with Crippen molar-refractivity contribution in [1.29, 1.82) is 0 Å². The molecule has 0 fully saturated rings. The molecule has 4 nitrogen and oxygen atoms in total. The molecular weight excluding hydrogens is 1140 g/mol. The molecular formula is C89H59BN4. The van der Waals surface area contributed by atoms with Crippen LogP contribution >= 0.6 is 0 Å². The van der Waals surface area contributed by atoms with E-state index in [-0.39, 0.29) is 6.71 Å². The highest BCUT2D eigenvalue weighted by Gasteiger charge is 2.44. The van der Waals surface area contributed by atoms with Crippen molar-refractivity contribution in [2.24, 2.45) is 0 Å². The number of hydrogen-bond acceptors (Lipinski definition) is 3. The molecule has 2 aromatic heterocycles. The van der Waals surface area contributed by atoms with E-state index in [1.54, 1.807) is 0 Å². The number of fused-ring (bicyclic) bond motifs is 7. The van der Waals surface area contributed by atoms with Gasteiger partial charge in [0, 0.05) is 61.6 Å². The average Bonchev–Trinajstić information content (AvgIpc) is 0.804. The van der Waals surface area contributed by atoms with Gasteiger partial charge in [0.25, 0.3) is 6.71 Å². The Kier molecular flexibility index (Phi) is 13.3. The number of nitrogens with zero attached hydrogens (tertiary/aromatic N) is 4. The first-order valence-electron chi connectivity index (χ1n) is 32.4. The summed E-state index contributed by atoms with van der Waals surface area (Å²) in [6, 6.07) is 131. The first-order valence-corrected chi connectivity index (χ1v) is 32.4. The van der Waals surface area contributed by atoms with Crippen LogP contribution in [0, 0.1) is 0 Å². The standard InChI is InChI=1S/C89H59BN4/c1-7-27-60(28-8-1)67-49-68(61-29-9-2-10-30-61)52-73(51-67)92-85-45-25-21-41-78(85)90-79-42-22-26-46-86(79)93(74-53-69(62-31-11-3-12-32-62)50-70(54-74)63-33-13-4-14-34-63)88-59-71(58-87(92)89(88)90)66-47-48-84-77(55-66)76-40-20-24-44-83(76)94(84)82-43-23-19-39-75(82)72-56-80(64-35-15-5-16-36-64)91-81(57-72)65-37-17-6-18-38-65/h1-59H. The molecule has 0 radical (unpaired) electrons. The van der Waals surface area contributed by atoms with Crippen LogP contribution in [0.4, 0.5) is 34.1 Å². The maximum absolute atomic E-state index is 5.30. The molecule has 0 unspecified atom stereocenters. The first-order chi connectivity index (χ1) is 46.6. The summed E-state index contributed by atoms with van der Waals surface area (Å²) in [5.74, 6) is 0. The van der Waals surface area contributed by atoms with Gasteiger partial charge in [-0.3, -0.25) is 0 Å². The summed E-state index contributed by atoms with van der Waals surface area (Å²) in [7, 11) is 0. The third-order valence-electron chi connectivity index (χ3n) is 19.1. The van der Waals surface area contributed by atoms with Gasteiger partial charge < -0.3 is 14.4 Å². The van der Waals surface area contributed by atoms with E-state index in [2.05, 4.69) is 372 Å². The summed E-state index contributed by atoms with van der Waals surface area (Å²) in [5.41, 5.74) is 31.7. The zero-order valence-electron chi connectivity index (χ0n) is 51.4. The Morgan fingerprint density at radius 3 is 1.06 bits per heavy atom. The van der Waals surface area contributed by atoms with E-state index < -0.39 is 0 Å². The zero-order valence-corrected chi connectivity index (χ0v) is 51.4. The molecule has 5 heteroatoms. The SMILES string of the molecule is c1ccc(-c2cc(-c3ccccc3)cc(N3c4ccccc4B4c5ccccc5N(c5cc(-c6ccccc6)cc(-c6ccccc6)c5)c5cc(-c6ccc7c(c6)c6ccccc6n7-c6ccccc6-c6cc(-c7ccccc7)nc(-c7ccccc7)c6)cc3c54)c2)cc1. The maximum atomic E-state index is 5.30. The van der Waals surface area contributed by atoms with Crippen LogP contribution in [-0.2, 0) is 0 Å². The molecule has 4 heterocycles. The molecule has 438 valence electrons. The molecule has 0 saturated heterocycles. The molecule has 94 heavy (non-hydrogen) atoms. The van der Waals surface area contributed by atoms with E-state index >= 15 is 0 Å². The van der Waals surface area contributed by atoms with Crippen LogP contribution in [0.25, 0.3) is 117 Å². The molecule has 0 spiro atoms. The molecule has 18 rings (SSSR count). The van der Waals surface area contributed by atoms with Crippen LogP contribution in [0.15, 0.2) is 358 Å². The topological polar surface area (TPSA) is 24.3 Å². The van der Waals surface area contributed by atoms with Crippen molar-refractivity contribution in [3.05, 3.63) is 358 Å². The van der Waals surface area contributed by atoms with Gasteiger partial charge in [0.1, 0.15) is 0 Å².